The van der Waals surface area contributed by atoms with Crippen LogP contribution in [0, 0.1) is 5.92 Å². The maximum Gasteiger partial charge on any atom is 0.396 e. The van der Waals surface area contributed by atoms with Crippen molar-refractivity contribution in [3.8, 4) is 0 Å². The standard InChI is InChI=1S/C10H19NO3/c1-8(2)6-5-7-11(3)9(12)10(13)14-4/h8H,5-7H2,1-4H3. The molecule has 0 saturated carbocycles. The van der Waals surface area contributed by atoms with Gasteiger partial charge in [-0.1, -0.05) is 13.8 Å². The molecule has 0 N–H and O–H groups in total. The molecule has 0 saturated heterocycles. The van der Waals surface area contributed by atoms with E-state index in [2.05, 4.69) is 18.6 Å². The molecule has 0 fully saturated rings. The minimum absolute atomic E-state index is 0.573. The van der Waals surface area contributed by atoms with E-state index in [0.29, 0.717) is 12.5 Å². The van der Waals surface area contributed by atoms with Crippen molar-refractivity contribution in [3.05, 3.63) is 0 Å². The molecule has 0 aromatic carbocycles. The van der Waals surface area contributed by atoms with Crippen LogP contribution < -0.4 is 0 Å². The number of amides is 1. The van der Waals surface area contributed by atoms with Crippen molar-refractivity contribution in [3.63, 3.8) is 0 Å². The normalized spacial score (nSPS) is 10.1. The Labute approximate surface area is 85.2 Å². The zero-order valence-electron chi connectivity index (χ0n) is 9.37. The van der Waals surface area contributed by atoms with E-state index in [1.54, 1.807) is 7.05 Å². The summed E-state index contributed by atoms with van der Waals surface area (Å²) in [5.41, 5.74) is 0. The molecule has 0 aromatic heterocycles. The molecule has 0 radical (unpaired) electrons. The summed E-state index contributed by atoms with van der Waals surface area (Å²) in [6.07, 6.45) is 1.97. The van der Waals surface area contributed by atoms with Crippen LogP contribution in [0.25, 0.3) is 0 Å². The number of esters is 1. The Kier molecular flexibility index (Phi) is 5.92. The fraction of sp³-hybridized carbons (Fsp3) is 0.800. The number of methoxy groups -OCH3 is 1. The Morgan fingerprint density at radius 2 is 1.93 bits per heavy atom. The van der Waals surface area contributed by atoms with Crippen molar-refractivity contribution in [1.29, 1.82) is 0 Å². The van der Waals surface area contributed by atoms with Crippen molar-refractivity contribution in [2.24, 2.45) is 5.92 Å². The lowest BCUT2D eigenvalue weighted by atomic mass is 10.1. The van der Waals surface area contributed by atoms with Gasteiger partial charge in [0, 0.05) is 13.6 Å². The average Bonchev–Trinajstić information content (AvgIpc) is 2.14. The predicted octanol–water partition coefficient (Wildman–Crippen LogP) is 1.05. The van der Waals surface area contributed by atoms with Crippen molar-refractivity contribution < 1.29 is 14.3 Å². The highest BCUT2D eigenvalue weighted by Crippen LogP contribution is 2.04. The van der Waals surface area contributed by atoms with Gasteiger partial charge in [0.25, 0.3) is 0 Å². The molecule has 0 rings (SSSR count). The molecule has 0 unspecified atom stereocenters. The number of ether oxygens (including phenoxy) is 1. The first-order valence-electron chi connectivity index (χ1n) is 4.82. The second-order valence-corrected chi connectivity index (χ2v) is 3.75. The van der Waals surface area contributed by atoms with E-state index in [4.69, 9.17) is 0 Å². The monoisotopic (exact) mass is 201 g/mol. The fourth-order valence-electron chi connectivity index (χ4n) is 1.08. The molecule has 4 nitrogen and oxygen atoms in total. The summed E-state index contributed by atoms with van der Waals surface area (Å²) in [5.74, 6) is -0.745. The van der Waals surface area contributed by atoms with Crippen LogP contribution >= 0.6 is 0 Å². The smallest absolute Gasteiger partial charge is 0.396 e. The largest absolute Gasteiger partial charge is 0.462 e. The Balaban J connectivity index is 3.79. The van der Waals surface area contributed by atoms with E-state index in [1.165, 1.54) is 12.0 Å². The van der Waals surface area contributed by atoms with E-state index < -0.39 is 11.9 Å². The number of hydrogen-bond acceptors (Lipinski definition) is 3. The summed E-state index contributed by atoms with van der Waals surface area (Å²) in [4.78, 5) is 23.4. The molecule has 0 aliphatic rings. The zero-order chi connectivity index (χ0) is 11.1. The third-order valence-electron chi connectivity index (χ3n) is 1.98. The molecular weight excluding hydrogens is 182 g/mol. The van der Waals surface area contributed by atoms with E-state index in [-0.39, 0.29) is 0 Å². The van der Waals surface area contributed by atoms with Gasteiger partial charge in [-0.15, -0.1) is 0 Å². The second-order valence-electron chi connectivity index (χ2n) is 3.75. The molecule has 0 aliphatic heterocycles. The molecule has 82 valence electrons. The molecule has 1 amide bonds. The summed E-state index contributed by atoms with van der Waals surface area (Å²) >= 11 is 0. The Morgan fingerprint density at radius 3 is 2.36 bits per heavy atom. The molecule has 0 spiro atoms. The Morgan fingerprint density at radius 1 is 1.36 bits per heavy atom. The SMILES string of the molecule is COC(=O)C(=O)N(C)CCCC(C)C. The van der Waals surface area contributed by atoms with Crippen LogP contribution in [-0.2, 0) is 14.3 Å². The number of nitrogens with zero attached hydrogens (tertiary/aromatic N) is 1. The maximum absolute atomic E-state index is 11.2. The van der Waals surface area contributed by atoms with Crippen LogP contribution in [0.1, 0.15) is 26.7 Å². The third kappa shape index (κ3) is 4.84. The lowest BCUT2D eigenvalue weighted by Gasteiger charge is -2.15. The Bertz CT molecular complexity index is 202. The second kappa shape index (κ2) is 6.40. The van der Waals surface area contributed by atoms with Crippen molar-refractivity contribution in [1.82, 2.24) is 4.90 Å². The number of hydrogen-bond donors (Lipinski definition) is 0. The summed E-state index contributed by atoms with van der Waals surface area (Å²) < 4.78 is 4.33. The van der Waals surface area contributed by atoms with Gasteiger partial charge in [0.2, 0.25) is 0 Å². The minimum atomic E-state index is -0.794. The van der Waals surface area contributed by atoms with Crippen molar-refractivity contribution in [2.45, 2.75) is 26.7 Å². The van der Waals surface area contributed by atoms with Crippen LogP contribution in [0.15, 0.2) is 0 Å². The molecule has 0 aromatic rings. The van der Waals surface area contributed by atoms with Crippen molar-refractivity contribution in [2.75, 3.05) is 20.7 Å². The first-order valence-corrected chi connectivity index (χ1v) is 4.82. The highest BCUT2D eigenvalue weighted by atomic mass is 16.5. The lowest BCUT2D eigenvalue weighted by molar-refractivity contribution is -0.157. The van der Waals surface area contributed by atoms with Crippen LogP contribution in [-0.4, -0.2) is 37.5 Å². The highest BCUT2D eigenvalue weighted by molar-refractivity contribution is 6.32. The Hall–Kier alpha value is -1.06. The minimum Gasteiger partial charge on any atom is -0.462 e. The first kappa shape index (κ1) is 12.9. The van der Waals surface area contributed by atoms with Gasteiger partial charge in [0.1, 0.15) is 0 Å². The van der Waals surface area contributed by atoms with E-state index in [0.717, 1.165) is 12.8 Å². The molecule has 14 heavy (non-hydrogen) atoms. The number of likely N-dealkylation sites (N-methyl/N-ethyl adjacent to an activating group) is 1. The van der Waals surface area contributed by atoms with Gasteiger partial charge in [-0.2, -0.15) is 0 Å². The summed E-state index contributed by atoms with van der Waals surface area (Å²) in [6.45, 7) is 4.86. The maximum atomic E-state index is 11.2. The highest BCUT2D eigenvalue weighted by Gasteiger charge is 2.18. The molecule has 4 heteroatoms. The van der Waals surface area contributed by atoms with Crippen LogP contribution in [0.2, 0.25) is 0 Å². The van der Waals surface area contributed by atoms with Gasteiger partial charge in [-0.25, -0.2) is 4.79 Å². The molecule has 0 aliphatic carbocycles. The van der Waals surface area contributed by atoms with E-state index in [1.807, 2.05) is 0 Å². The molecule has 0 heterocycles. The fourth-order valence-corrected chi connectivity index (χ4v) is 1.08. The molecular formula is C10H19NO3. The van der Waals surface area contributed by atoms with Crippen LogP contribution in [0.4, 0.5) is 0 Å². The zero-order valence-corrected chi connectivity index (χ0v) is 9.37. The molecule has 0 bridgehead atoms. The van der Waals surface area contributed by atoms with Gasteiger partial charge in [-0.05, 0) is 18.8 Å². The van der Waals surface area contributed by atoms with E-state index in [9.17, 15) is 9.59 Å². The summed E-state index contributed by atoms with van der Waals surface area (Å²) in [5, 5.41) is 0. The lowest BCUT2D eigenvalue weighted by Crippen LogP contribution is -2.34. The summed E-state index contributed by atoms with van der Waals surface area (Å²) in [7, 11) is 2.82. The topological polar surface area (TPSA) is 46.6 Å². The summed E-state index contributed by atoms with van der Waals surface area (Å²) in [6, 6.07) is 0. The van der Waals surface area contributed by atoms with Crippen molar-refractivity contribution >= 4 is 11.9 Å². The van der Waals surface area contributed by atoms with Gasteiger partial charge >= 0.3 is 11.9 Å². The quantitative estimate of drug-likeness (QED) is 0.504. The number of rotatable bonds is 4. The van der Waals surface area contributed by atoms with Crippen LogP contribution in [0.3, 0.4) is 0 Å². The van der Waals surface area contributed by atoms with Gasteiger partial charge < -0.3 is 9.64 Å². The predicted molar refractivity (Wildman–Crippen MR) is 53.7 cm³/mol. The number of carbonyl (C=O) groups is 2. The number of carbonyl (C=O) groups excluding carboxylic acids is 2. The van der Waals surface area contributed by atoms with Gasteiger partial charge in [-0.3, -0.25) is 4.79 Å². The van der Waals surface area contributed by atoms with Crippen LogP contribution in [0.5, 0.6) is 0 Å². The molecule has 0 atom stereocenters. The average molecular weight is 201 g/mol. The third-order valence-corrected chi connectivity index (χ3v) is 1.98. The van der Waals surface area contributed by atoms with Gasteiger partial charge in [0.15, 0.2) is 0 Å². The van der Waals surface area contributed by atoms with E-state index >= 15 is 0 Å². The first-order chi connectivity index (χ1) is 6.49. The van der Waals surface area contributed by atoms with Gasteiger partial charge in [0.05, 0.1) is 7.11 Å².